The molecule has 5 heteroatoms. The minimum atomic E-state index is -0.195. The smallest absolute Gasteiger partial charge is 0.138 e. The van der Waals surface area contributed by atoms with Crippen molar-refractivity contribution in [3.05, 3.63) is 47.8 Å². The van der Waals surface area contributed by atoms with Crippen molar-refractivity contribution in [3.63, 3.8) is 0 Å². The highest BCUT2D eigenvalue weighted by molar-refractivity contribution is 5.22. The molecule has 1 heterocycles. The summed E-state index contributed by atoms with van der Waals surface area (Å²) in [6.07, 6.45) is 2.15. The maximum atomic E-state index is 13.8. The summed E-state index contributed by atoms with van der Waals surface area (Å²) in [7, 11) is 1.82. The average Bonchev–Trinajstić information content (AvgIpc) is 2.84. The Morgan fingerprint density at radius 3 is 2.83 bits per heavy atom. The number of nitrogens with one attached hydrogen (secondary N) is 1. The van der Waals surface area contributed by atoms with Gasteiger partial charge in [-0.2, -0.15) is 5.10 Å². The van der Waals surface area contributed by atoms with E-state index in [1.54, 1.807) is 12.1 Å². The van der Waals surface area contributed by atoms with Crippen molar-refractivity contribution < 1.29 is 4.39 Å². The van der Waals surface area contributed by atoms with Gasteiger partial charge in [-0.05, 0) is 20.0 Å². The first-order valence-electron chi connectivity index (χ1n) is 6.04. The first kappa shape index (κ1) is 12.7. The second-order valence-electron chi connectivity index (χ2n) is 4.06. The van der Waals surface area contributed by atoms with Gasteiger partial charge < -0.3 is 5.32 Å². The summed E-state index contributed by atoms with van der Waals surface area (Å²) in [5, 5.41) is 7.25. The summed E-state index contributed by atoms with van der Waals surface area (Å²) in [5.41, 5.74) is 0.658. The molecular weight excluding hydrogens is 231 g/mol. The van der Waals surface area contributed by atoms with E-state index < -0.39 is 0 Å². The van der Waals surface area contributed by atoms with Crippen LogP contribution in [0, 0.1) is 5.82 Å². The van der Waals surface area contributed by atoms with Crippen molar-refractivity contribution in [2.24, 2.45) is 0 Å². The number of benzene rings is 1. The zero-order valence-electron chi connectivity index (χ0n) is 10.6. The standard InChI is InChI=1S/C13H17FN4/c1-3-18-13(16-9-17-18)8-12(15-2)10-6-4-5-7-11(10)14/h4-7,9,12,15H,3,8H2,1-2H3. The number of aromatic nitrogens is 3. The van der Waals surface area contributed by atoms with E-state index in [1.165, 1.54) is 12.4 Å². The molecule has 4 nitrogen and oxygen atoms in total. The molecule has 1 aromatic heterocycles. The fourth-order valence-electron chi connectivity index (χ4n) is 2.02. The average molecular weight is 248 g/mol. The van der Waals surface area contributed by atoms with Crippen molar-refractivity contribution in [3.8, 4) is 0 Å². The van der Waals surface area contributed by atoms with E-state index in [9.17, 15) is 4.39 Å². The fourth-order valence-corrected chi connectivity index (χ4v) is 2.02. The molecule has 0 amide bonds. The van der Waals surface area contributed by atoms with Gasteiger partial charge in [0.1, 0.15) is 18.0 Å². The van der Waals surface area contributed by atoms with Crippen molar-refractivity contribution in [2.45, 2.75) is 25.9 Å². The Bertz CT molecular complexity index is 509. The molecule has 0 radical (unpaired) electrons. The lowest BCUT2D eigenvalue weighted by Crippen LogP contribution is -2.22. The van der Waals surface area contributed by atoms with Gasteiger partial charge in [-0.1, -0.05) is 18.2 Å². The lowest BCUT2D eigenvalue weighted by molar-refractivity contribution is 0.505. The number of hydrogen-bond donors (Lipinski definition) is 1. The molecule has 0 aliphatic carbocycles. The number of halogens is 1. The first-order valence-corrected chi connectivity index (χ1v) is 6.04. The predicted molar refractivity (Wildman–Crippen MR) is 67.6 cm³/mol. The summed E-state index contributed by atoms with van der Waals surface area (Å²) in [5.74, 6) is 0.666. The number of likely N-dealkylation sites (N-methyl/N-ethyl adjacent to an activating group) is 1. The van der Waals surface area contributed by atoms with Crippen LogP contribution in [0.4, 0.5) is 4.39 Å². The van der Waals surface area contributed by atoms with Crippen LogP contribution in [0.5, 0.6) is 0 Å². The Hall–Kier alpha value is -1.75. The van der Waals surface area contributed by atoms with Gasteiger partial charge in [0.05, 0.1) is 0 Å². The quantitative estimate of drug-likeness (QED) is 0.879. The molecule has 1 N–H and O–H groups in total. The topological polar surface area (TPSA) is 42.7 Å². The fraction of sp³-hybridized carbons (Fsp3) is 0.385. The maximum absolute atomic E-state index is 13.8. The molecule has 0 aliphatic rings. The monoisotopic (exact) mass is 248 g/mol. The lowest BCUT2D eigenvalue weighted by atomic mass is 10.0. The van der Waals surface area contributed by atoms with Crippen LogP contribution in [0.25, 0.3) is 0 Å². The van der Waals surface area contributed by atoms with Crippen LogP contribution in [0.15, 0.2) is 30.6 Å². The molecule has 2 aromatic rings. The van der Waals surface area contributed by atoms with E-state index in [-0.39, 0.29) is 11.9 Å². The minimum absolute atomic E-state index is 0.0966. The molecule has 0 spiro atoms. The van der Waals surface area contributed by atoms with Crippen molar-refractivity contribution in [1.29, 1.82) is 0 Å². The van der Waals surface area contributed by atoms with Gasteiger partial charge in [0, 0.05) is 24.6 Å². The molecule has 2 rings (SSSR count). The number of hydrogen-bond acceptors (Lipinski definition) is 3. The van der Waals surface area contributed by atoms with Crippen LogP contribution in [0.1, 0.15) is 24.4 Å². The van der Waals surface area contributed by atoms with Gasteiger partial charge in [0.25, 0.3) is 0 Å². The van der Waals surface area contributed by atoms with Gasteiger partial charge >= 0.3 is 0 Å². The maximum Gasteiger partial charge on any atom is 0.138 e. The molecule has 1 atom stereocenters. The molecule has 0 bridgehead atoms. The summed E-state index contributed by atoms with van der Waals surface area (Å²) in [4.78, 5) is 4.22. The molecule has 1 unspecified atom stereocenters. The van der Waals surface area contributed by atoms with Crippen molar-refractivity contribution in [1.82, 2.24) is 20.1 Å². The predicted octanol–water partition coefficient (Wildman–Crippen LogP) is 1.94. The van der Waals surface area contributed by atoms with Gasteiger partial charge in [0.2, 0.25) is 0 Å². The zero-order chi connectivity index (χ0) is 13.0. The normalized spacial score (nSPS) is 12.6. The van der Waals surface area contributed by atoms with Gasteiger partial charge in [-0.25, -0.2) is 9.37 Å². The van der Waals surface area contributed by atoms with Crippen LogP contribution in [0.3, 0.4) is 0 Å². The molecule has 0 saturated carbocycles. The van der Waals surface area contributed by atoms with Crippen LogP contribution in [-0.4, -0.2) is 21.8 Å². The van der Waals surface area contributed by atoms with E-state index in [0.29, 0.717) is 12.0 Å². The SMILES string of the molecule is CCn1ncnc1CC(NC)c1ccccc1F. The van der Waals surface area contributed by atoms with E-state index >= 15 is 0 Å². The van der Waals surface area contributed by atoms with Crippen molar-refractivity contribution in [2.75, 3.05) is 7.05 Å². The van der Waals surface area contributed by atoms with Crippen LogP contribution < -0.4 is 5.32 Å². The number of aryl methyl sites for hydroxylation is 1. The summed E-state index contributed by atoms with van der Waals surface area (Å²) in [6, 6.07) is 6.71. The number of rotatable bonds is 5. The Labute approximate surface area is 106 Å². The van der Waals surface area contributed by atoms with Gasteiger partial charge in [-0.15, -0.1) is 0 Å². The van der Waals surface area contributed by atoms with E-state index in [2.05, 4.69) is 15.4 Å². The second kappa shape index (κ2) is 5.73. The Balaban J connectivity index is 2.23. The lowest BCUT2D eigenvalue weighted by Gasteiger charge is -2.17. The Morgan fingerprint density at radius 2 is 2.17 bits per heavy atom. The molecule has 0 fully saturated rings. The highest BCUT2D eigenvalue weighted by Crippen LogP contribution is 2.19. The van der Waals surface area contributed by atoms with Gasteiger partial charge in [0.15, 0.2) is 0 Å². The highest BCUT2D eigenvalue weighted by Gasteiger charge is 2.16. The zero-order valence-corrected chi connectivity index (χ0v) is 10.6. The van der Waals surface area contributed by atoms with E-state index in [1.807, 2.05) is 24.7 Å². The minimum Gasteiger partial charge on any atom is -0.313 e. The number of nitrogens with zero attached hydrogens (tertiary/aromatic N) is 3. The Kier molecular flexibility index (Phi) is 4.04. The second-order valence-corrected chi connectivity index (χ2v) is 4.06. The third kappa shape index (κ3) is 2.56. The highest BCUT2D eigenvalue weighted by atomic mass is 19.1. The molecule has 1 aromatic carbocycles. The third-order valence-corrected chi connectivity index (χ3v) is 3.01. The van der Waals surface area contributed by atoms with Gasteiger partial charge in [-0.3, -0.25) is 4.68 Å². The molecule has 96 valence electrons. The summed E-state index contributed by atoms with van der Waals surface area (Å²) < 4.78 is 15.6. The molecule has 0 saturated heterocycles. The summed E-state index contributed by atoms with van der Waals surface area (Å²) >= 11 is 0. The molecule has 18 heavy (non-hydrogen) atoms. The largest absolute Gasteiger partial charge is 0.313 e. The van der Waals surface area contributed by atoms with Crippen LogP contribution in [-0.2, 0) is 13.0 Å². The van der Waals surface area contributed by atoms with E-state index in [4.69, 9.17) is 0 Å². The van der Waals surface area contributed by atoms with Crippen molar-refractivity contribution >= 4 is 0 Å². The Morgan fingerprint density at radius 1 is 1.39 bits per heavy atom. The third-order valence-electron chi connectivity index (χ3n) is 3.01. The first-order chi connectivity index (χ1) is 8.76. The summed E-state index contributed by atoms with van der Waals surface area (Å²) in [6.45, 7) is 2.78. The van der Waals surface area contributed by atoms with Crippen LogP contribution >= 0.6 is 0 Å². The molecule has 0 aliphatic heterocycles. The van der Waals surface area contributed by atoms with E-state index in [0.717, 1.165) is 12.4 Å². The van der Waals surface area contributed by atoms with Crippen LogP contribution in [0.2, 0.25) is 0 Å². The molecular formula is C13H17FN4.